The van der Waals surface area contributed by atoms with Crippen LogP contribution >= 0.6 is 0 Å². The molecule has 0 atom stereocenters. The summed E-state index contributed by atoms with van der Waals surface area (Å²) in [6, 6.07) is 9.39. The Bertz CT molecular complexity index is 224. The predicted octanol–water partition coefficient (Wildman–Crippen LogP) is 3.67. The normalized spacial score (nSPS) is 17.6. The van der Waals surface area contributed by atoms with Crippen molar-refractivity contribution in [2.24, 2.45) is 0 Å². The Morgan fingerprint density at radius 3 is 2.00 bits per heavy atom. The summed E-state index contributed by atoms with van der Waals surface area (Å²) in [5.74, 6) is 0. The Hall–Kier alpha value is -0.850. The molecule has 2 rings (SSSR count). The zero-order valence-corrected chi connectivity index (χ0v) is 7.68. The topological polar surface area (TPSA) is 0 Å². The standard InChI is InChI=1S/C9H9F.C2H6/c10-9(6-7-9)8-4-2-1-3-5-8;1-2/h1-5H,6-7H2;1-2H3. The van der Waals surface area contributed by atoms with Crippen LogP contribution in [0.2, 0.25) is 0 Å². The van der Waals surface area contributed by atoms with Crippen LogP contribution in [0.5, 0.6) is 0 Å². The molecular weight excluding hydrogens is 151 g/mol. The van der Waals surface area contributed by atoms with E-state index >= 15 is 0 Å². The van der Waals surface area contributed by atoms with Crippen LogP contribution in [-0.2, 0) is 5.67 Å². The summed E-state index contributed by atoms with van der Waals surface area (Å²) in [6.45, 7) is 4.00. The van der Waals surface area contributed by atoms with Crippen LogP contribution in [0.25, 0.3) is 0 Å². The summed E-state index contributed by atoms with van der Waals surface area (Å²) in [6.07, 6.45) is 1.41. The van der Waals surface area contributed by atoms with Crippen LogP contribution in [0, 0.1) is 0 Å². The van der Waals surface area contributed by atoms with Crippen LogP contribution in [0.3, 0.4) is 0 Å². The molecule has 0 heterocycles. The molecule has 0 bridgehead atoms. The Morgan fingerprint density at radius 2 is 1.58 bits per heavy atom. The average molecular weight is 166 g/mol. The van der Waals surface area contributed by atoms with Gasteiger partial charge in [0.2, 0.25) is 0 Å². The van der Waals surface area contributed by atoms with Crippen LogP contribution in [-0.4, -0.2) is 0 Å². The third-order valence-corrected chi connectivity index (χ3v) is 1.98. The summed E-state index contributed by atoms with van der Waals surface area (Å²) >= 11 is 0. The second-order valence-electron chi connectivity index (χ2n) is 2.83. The van der Waals surface area contributed by atoms with Gasteiger partial charge in [-0.2, -0.15) is 0 Å². The zero-order valence-electron chi connectivity index (χ0n) is 7.68. The van der Waals surface area contributed by atoms with Gasteiger partial charge in [-0.3, -0.25) is 0 Å². The highest BCUT2D eigenvalue weighted by Crippen LogP contribution is 2.49. The number of halogens is 1. The SMILES string of the molecule is CC.FC1(c2ccccc2)CC1. The number of rotatable bonds is 1. The van der Waals surface area contributed by atoms with Gasteiger partial charge in [-0.15, -0.1) is 0 Å². The van der Waals surface area contributed by atoms with E-state index in [1.807, 2.05) is 44.2 Å². The molecule has 0 saturated heterocycles. The Morgan fingerprint density at radius 1 is 1.08 bits per heavy atom. The van der Waals surface area contributed by atoms with Crippen LogP contribution in [0.1, 0.15) is 32.3 Å². The molecule has 0 N–H and O–H groups in total. The number of alkyl halides is 1. The van der Waals surface area contributed by atoms with E-state index in [9.17, 15) is 4.39 Å². The van der Waals surface area contributed by atoms with Gasteiger partial charge in [0, 0.05) is 0 Å². The molecule has 0 amide bonds. The molecule has 0 nitrogen and oxygen atoms in total. The quantitative estimate of drug-likeness (QED) is 0.597. The molecule has 1 heteroatoms. The molecule has 1 aromatic carbocycles. The lowest BCUT2D eigenvalue weighted by Gasteiger charge is -2.02. The third kappa shape index (κ3) is 1.84. The van der Waals surface area contributed by atoms with Gasteiger partial charge in [-0.25, -0.2) is 4.39 Å². The summed E-state index contributed by atoms with van der Waals surface area (Å²) < 4.78 is 13.2. The molecule has 0 unspecified atom stereocenters. The van der Waals surface area contributed by atoms with E-state index in [4.69, 9.17) is 0 Å². The van der Waals surface area contributed by atoms with E-state index in [1.165, 1.54) is 0 Å². The smallest absolute Gasteiger partial charge is 0.136 e. The van der Waals surface area contributed by atoms with Crippen LogP contribution < -0.4 is 0 Å². The molecule has 12 heavy (non-hydrogen) atoms. The van der Waals surface area contributed by atoms with Gasteiger partial charge in [-0.1, -0.05) is 44.2 Å². The molecule has 0 aromatic heterocycles. The maximum absolute atomic E-state index is 13.2. The second kappa shape index (κ2) is 3.70. The first-order valence-electron chi connectivity index (χ1n) is 4.56. The molecule has 1 fully saturated rings. The van der Waals surface area contributed by atoms with Crippen molar-refractivity contribution < 1.29 is 4.39 Å². The molecule has 66 valence electrons. The Balaban J connectivity index is 0.000000336. The van der Waals surface area contributed by atoms with Gasteiger partial charge in [0.1, 0.15) is 5.67 Å². The third-order valence-electron chi connectivity index (χ3n) is 1.98. The molecular formula is C11H15F. The summed E-state index contributed by atoms with van der Waals surface area (Å²) in [5, 5.41) is 0. The minimum Gasteiger partial charge on any atom is -0.239 e. The van der Waals surface area contributed by atoms with Crippen molar-refractivity contribution in [1.29, 1.82) is 0 Å². The van der Waals surface area contributed by atoms with Gasteiger partial charge >= 0.3 is 0 Å². The Labute approximate surface area is 73.4 Å². The van der Waals surface area contributed by atoms with Crippen molar-refractivity contribution in [2.75, 3.05) is 0 Å². The van der Waals surface area contributed by atoms with Crippen LogP contribution in [0.15, 0.2) is 30.3 Å². The van der Waals surface area contributed by atoms with Gasteiger partial charge in [0.25, 0.3) is 0 Å². The van der Waals surface area contributed by atoms with Gasteiger partial charge < -0.3 is 0 Å². The van der Waals surface area contributed by atoms with E-state index < -0.39 is 5.67 Å². The van der Waals surface area contributed by atoms with E-state index in [1.54, 1.807) is 0 Å². The van der Waals surface area contributed by atoms with Gasteiger partial charge in [-0.05, 0) is 18.4 Å². The highest BCUT2D eigenvalue weighted by Gasteiger charge is 2.44. The highest BCUT2D eigenvalue weighted by atomic mass is 19.1. The first-order chi connectivity index (χ1) is 5.81. The van der Waals surface area contributed by atoms with Crippen molar-refractivity contribution >= 4 is 0 Å². The fourth-order valence-corrected chi connectivity index (χ4v) is 1.14. The maximum Gasteiger partial charge on any atom is 0.136 e. The van der Waals surface area contributed by atoms with E-state index in [0.29, 0.717) is 12.8 Å². The molecule has 1 aliphatic rings. The van der Waals surface area contributed by atoms with Gasteiger partial charge in [0.15, 0.2) is 0 Å². The molecule has 1 aliphatic carbocycles. The molecule has 0 spiro atoms. The number of hydrogen-bond acceptors (Lipinski definition) is 0. The average Bonchev–Trinajstić information content (AvgIpc) is 2.90. The van der Waals surface area contributed by atoms with Crippen molar-refractivity contribution in [1.82, 2.24) is 0 Å². The Kier molecular flexibility index (Phi) is 2.85. The van der Waals surface area contributed by atoms with Crippen molar-refractivity contribution in [3.63, 3.8) is 0 Å². The molecule has 1 saturated carbocycles. The highest BCUT2D eigenvalue weighted by molar-refractivity contribution is 5.26. The first-order valence-corrected chi connectivity index (χ1v) is 4.56. The number of benzene rings is 1. The van der Waals surface area contributed by atoms with E-state index in [-0.39, 0.29) is 0 Å². The monoisotopic (exact) mass is 166 g/mol. The largest absolute Gasteiger partial charge is 0.239 e. The zero-order chi connectivity index (χ0) is 9.03. The first kappa shape index (κ1) is 9.24. The van der Waals surface area contributed by atoms with Crippen LogP contribution in [0.4, 0.5) is 4.39 Å². The van der Waals surface area contributed by atoms with E-state index in [0.717, 1.165) is 5.56 Å². The molecule has 0 aliphatic heterocycles. The lowest BCUT2D eigenvalue weighted by molar-refractivity contribution is 0.317. The van der Waals surface area contributed by atoms with Crippen molar-refractivity contribution in [2.45, 2.75) is 32.4 Å². The minimum absolute atomic E-state index is 0.705. The van der Waals surface area contributed by atoms with E-state index in [2.05, 4.69) is 0 Å². The molecule has 1 aromatic rings. The maximum atomic E-state index is 13.2. The van der Waals surface area contributed by atoms with Crippen molar-refractivity contribution in [3.8, 4) is 0 Å². The fraction of sp³-hybridized carbons (Fsp3) is 0.455. The lowest BCUT2D eigenvalue weighted by Crippen LogP contribution is -1.95. The minimum atomic E-state index is -0.957. The number of hydrogen-bond donors (Lipinski definition) is 0. The predicted molar refractivity (Wildman–Crippen MR) is 49.8 cm³/mol. The van der Waals surface area contributed by atoms with Crippen molar-refractivity contribution in [3.05, 3.63) is 35.9 Å². The summed E-state index contributed by atoms with van der Waals surface area (Å²) in [7, 11) is 0. The second-order valence-corrected chi connectivity index (χ2v) is 2.83. The summed E-state index contributed by atoms with van der Waals surface area (Å²) in [4.78, 5) is 0. The lowest BCUT2D eigenvalue weighted by atomic mass is 10.1. The molecule has 0 radical (unpaired) electrons. The van der Waals surface area contributed by atoms with Gasteiger partial charge in [0.05, 0.1) is 0 Å². The fourth-order valence-electron chi connectivity index (χ4n) is 1.14. The summed E-state index contributed by atoms with van der Waals surface area (Å²) in [5.41, 5.74) is -0.114.